The van der Waals surface area contributed by atoms with Crippen LogP contribution in [0.4, 0.5) is 0 Å². The van der Waals surface area contributed by atoms with Crippen LogP contribution in [0.25, 0.3) is 0 Å². The lowest BCUT2D eigenvalue weighted by Crippen LogP contribution is -2.21. The number of aliphatic hydroxyl groups excluding tert-OH is 1. The van der Waals surface area contributed by atoms with E-state index in [0.29, 0.717) is 12.4 Å². The van der Waals surface area contributed by atoms with Gasteiger partial charge in [0.15, 0.2) is 0 Å². The minimum absolute atomic E-state index is 0.146. The summed E-state index contributed by atoms with van der Waals surface area (Å²) in [5.74, 6) is 1.25. The summed E-state index contributed by atoms with van der Waals surface area (Å²) in [7, 11) is 0. The van der Waals surface area contributed by atoms with E-state index in [1.54, 1.807) is 6.92 Å². The Morgan fingerprint density at radius 1 is 0.966 bits per heavy atom. The predicted molar refractivity (Wildman–Crippen MR) is 114 cm³/mol. The molecule has 0 aliphatic heterocycles. The smallest absolute Gasteiger partial charge is 0.303 e. The minimum atomic E-state index is -0.675. The standard InChI is InChI=1S/C23H29ClO5/c1-16(29-17(2)25)14-27-21-9-5-18(6-10-21)23(3,4)19-7-11-22(12-8-19)28-15-20(26)13-24/h5-12,16,20,26H,13-15H2,1-4H3. The van der Waals surface area contributed by atoms with Crippen LogP contribution in [-0.4, -0.2) is 42.4 Å². The molecule has 0 aliphatic carbocycles. The van der Waals surface area contributed by atoms with Gasteiger partial charge < -0.3 is 19.3 Å². The SMILES string of the molecule is CC(=O)OC(C)COc1ccc(C(C)(C)c2ccc(OCC(O)CCl)cc2)cc1. The monoisotopic (exact) mass is 420 g/mol. The Morgan fingerprint density at radius 2 is 1.41 bits per heavy atom. The van der Waals surface area contributed by atoms with Gasteiger partial charge in [0.25, 0.3) is 0 Å². The molecule has 0 saturated heterocycles. The Hall–Kier alpha value is -2.24. The highest BCUT2D eigenvalue weighted by Gasteiger charge is 2.23. The molecule has 0 saturated carbocycles. The summed E-state index contributed by atoms with van der Waals surface area (Å²) in [4.78, 5) is 11.0. The second-order valence-electron chi connectivity index (χ2n) is 7.52. The van der Waals surface area contributed by atoms with Crippen LogP contribution in [0.15, 0.2) is 48.5 Å². The van der Waals surface area contributed by atoms with E-state index in [0.717, 1.165) is 16.9 Å². The summed E-state index contributed by atoms with van der Waals surface area (Å²) in [5, 5.41) is 9.49. The molecule has 0 aromatic heterocycles. The van der Waals surface area contributed by atoms with Crippen molar-refractivity contribution in [3.63, 3.8) is 0 Å². The molecule has 0 radical (unpaired) electrons. The highest BCUT2D eigenvalue weighted by molar-refractivity contribution is 6.18. The first-order valence-electron chi connectivity index (χ1n) is 9.60. The topological polar surface area (TPSA) is 65.0 Å². The highest BCUT2D eigenvalue weighted by Crippen LogP contribution is 2.33. The van der Waals surface area contributed by atoms with Gasteiger partial charge in [0, 0.05) is 12.3 Å². The van der Waals surface area contributed by atoms with Crippen molar-refractivity contribution in [1.82, 2.24) is 0 Å². The molecule has 2 atom stereocenters. The fourth-order valence-electron chi connectivity index (χ4n) is 2.87. The van der Waals surface area contributed by atoms with Gasteiger partial charge in [-0.2, -0.15) is 0 Å². The van der Waals surface area contributed by atoms with E-state index in [2.05, 4.69) is 13.8 Å². The van der Waals surface area contributed by atoms with Crippen LogP contribution in [0.1, 0.15) is 38.8 Å². The van der Waals surface area contributed by atoms with Gasteiger partial charge >= 0.3 is 5.97 Å². The Bertz CT molecular complexity index is 771. The third kappa shape index (κ3) is 6.94. The summed E-state index contributed by atoms with van der Waals surface area (Å²) in [5.41, 5.74) is 2.07. The van der Waals surface area contributed by atoms with Gasteiger partial charge in [0.2, 0.25) is 0 Å². The third-order valence-electron chi connectivity index (χ3n) is 4.62. The van der Waals surface area contributed by atoms with Crippen molar-refractivity contribution >= 4 is 17.6 Å². The second kappa shape index (κ2) is 10.5. The maximum absolute atomic E-state index is 11.0. The molecule has 0 fully saturated rings. The molecule has 29 heavy (non-hydrogen) atoms. The fourth-order valence-corrected chi connectivity index (χ4v) is 2.96. The number of alkyl halides is 1. The zero-order valence-electron chi connectivity index (χ0n) is 17.4. The quantitative estimate of drug-likeness (QED) is 0.458. The lowest BCUT2D eigenvalue weighted by molar-refractivity contribution is -0.146. The largest absolute Gasteiger partial charge is 0.491 e. The van der Waals surface area contributed by atoms with Crippen molar-refractivity contribution in [3.8, 4) is 11.5 Å². The molecule has 1 N–H and O–H groups in total. The molecule has 0 spiro atoms. The molecular weight excluding hydrogens is 392 g/mol. The maximum atomic E-state index is 11.0. The number of halogens is 1. The lowest BCUT2D eigenvalue weighted by atomic mass is 9.78. The Balaban J connectivity index is 2.00. The van der Waals surface area contributed by atoms with E-state index in [-0.39, 0.29) is 30.0 Å². The summed E-state index contributed by atoms with van der Waals surface area (Å²) in [6.45, 7) is 7.96. The van der Waals surface area contributed by atoms with Gasteiger partial charge in [-0.15, -0.1) is 11.6 Å². The predicted octanol–water partition coefficient (Wildman–Crippen LogP) is 4.32. The van der Waals surface area contributed by atoms with E-state index < -0.39 is 6.10 Å². The summed E-state index contributed by atoms with van der Waals surface area (Å²) in [6.07, 6.45) is -0.972. The first kappa shape index (κ1) is 23.0. The summed E-state index contributed by atoms with van der Waals surface area (Å²) < 4.78 is 16.3. The van der Waals surface area contributed by atoms with Gasteiger partial charge in [0.05, 0.1) is 5.88 Å². The van der Waals surface area contributed by atoms with Crippen molar-refractivity contribution in [2.24, 2.45) is 0 Å². The average Bonchev–Trinajstić information content (AvgIpc) is 2.70. The number of carbonyl (C=O) groups excluding carboxylic acids is 1. The van der Waals surface area contributed by atoms with Crippen LogP contribution in [0.2, 0.25) is 0 Å². The fraction of sp³-hybridized carbons (Fsp3) is 0.435. The number of hydrogen-bond acceptors (Lipinski definition) is 5. The number of carbonyl (C=O) groups is 1. The molecule has 0 aliphatic rings. The normalized spacial score (nSPS) is 13.4. The van der Waals surface area contributed by atoms with E-state index in [4.69, 9.17) is 25.8 Å². The molecule has 0 amide bonds. The Labute approximate surface area is 177 Å². The van der Waals surface area contributed by atoms with E-state index in [1.165, 1.54) is 6.92 Å². The molecule has 2 rings (SSSR count). The van der Waals surface area contributed by atoms with E-state index in [9.17, 15) is 9.90 Å². The molecule has 2 aromatic carbocycles. The van der Waals surface area contributed by atoms with Gasteiger partial charge in [-0.1, -0.05) is 38.1 Å². The van der Waals surface area contributed by atoms with Crippen LogP contribution in [0.3, 0.4) is 0 Å². The average molecular weight is 421 g/mol. The first-order chi connectivity index (χ1) is 13.7. The van der Waals surface area contributed by atoms with Crippen LogP contribution in [0, 0.1) is 0 Å². The molecule has 6 heteroatoms. The van der Waals surface area contributed by atoms with Crippen LogP contribution in [0.5, 0.6) is 11.5 Å². The van der Waals surface area contributed by atoms with Crippen molar-refractivity contribution in [1.29, 1.82) is 0 Å². The van der Waals surface area contributed by atoms with Crippen LogP contribution < -0.4 is 9.47 Å². The van der Waals surface area contributed by atoms with Crippen molar-refractivity contribution < 1.29 is 24.1 Å². The molecule has 158 valence electrons. The Kier molecular flexibility index (Phi) is 8.35. The lowest BCUT2D eigenvalue weighted by Gasteiger charge is -2.26. The Morgan fingerprint density at radius 3 is 1.83 bits per heavy atom. The molecule has 2 unspecified atom stereocenters. The van der Waals surface area contributed by atoms with Crippen molar-refractivity contribution in [3.05, 3.63) is 59.7 Å². The summed E-state index contributed by atoms with van der Waals surface area (Å²) in [6, 6.07) is 15.7. The van der Waals surface area contributed by atoms with Gasteiger partial charge in [0.1, 0.15) is 36.9 Å². The number of rotatable bonds is 10. The van der Waals surface area contributed by atoms with Crippen LogP contribution in [-0.2, 0) is 14.9 Å². The van der Waals surface area contributed by atoms with E-state index >= 15 is 0 Å². The van der Waals surface area contributed by atoms with Gasteiger partial charge in [-0.3, -0.25) is 4.79 Å². The van der Waals surface area contributed by atoms with E-state index in [1.807, 2.05) is 48.5 Å². The number of benzene rings is 2. The van der Waals surface area contributed by atoms with Crippen molar-refractivity contribution in [2.45, 2.75) is 45.3 Å². The van der Waals surface area contributed by atoms with Gasteiger partial charge in [-0.05, 0) is 42.3 Å². The van der Waals surface area contributed by atoms with Gasteiger partial charge in [-0.25, -0.2) is 0 Å². The van der Waals surface area contributed by atoms with Crippen molar-refractivity contribution in [2.75, 3.05) is 19.1 Å². The molecule has 5 nitrogen and oxygen atoms in total. The highest BCUT2D eigenvalue weighted by atomic mass is 35.5. The summed E-state index contributed by atoms with van der Waals surface area (Å²) >= 11 is 5.58. The number of ether oxygens (including phenoxy) is 3. The zero-order chi connectivity index (χ0) is 21.4. The molecule has 0 heterocycles. The third-order valence-corrected chi connectivity index (χ3v) is 4.98. The minimum Gasteiger partial charge on any atom is -0.491 e. The molecular formula is C23H29ClO5. The molecule has 2 aromatic rings. The maximum Gasteiger partial charge on any atom is 0.303 e. The zero-order valence-corrected chi connectivity index (χ0v) is 18.1. The number of esters is 1. The van der Waals surface area contributed by atoms with Crippen LogP contribution >= 0.6 is 11.6 Å². The number of hydrogen-bond donors (Lipinski definition) is 1. The number of aliphatic hydroxyl groups is 1. The molecule has 0 bridgehead atoms. The second-order valence-corrected chi connectivity index (χ2v) is 7.83. The first-order valence-corrected chi connectivity index (χ1v) is 10.1.